The molecule has 1 aliphatic carbocycles. The number of guanidine groups is 1. The van der Waals surface area contributed by atoms with Gasteiger partial charge < -0.3 is 15.0 Å². The van der Waals surface area contributed by atoms with Crippen LogP contribution in [0.5, 0.6) is 0 Å². The van der Waals surface area contributed by atoms with Crippen molar-refractivity contribution in [1.82, 2.24) is 10.2 Å². The largest absolute Gasteiger partial charge is 0.377 e. The van der Waals surface area contributed by atoms with E-state index in [0.29, 0.717) is 31.2 Å². The molecular formula is C16H30IN3O3S. The highest BCUT2D eigenvalue weighted by Crippen LogP contribution is 2.52. The topological polar surface area (TPSA) is 71.0 Å². The van der Waals surface area contributed by atoms with Crippen LogP contribution in [0.2, 0.25) is 0 Å². The van der Waals surface area contributed by atoms with E-state index in [0.717, 1.165) is 19.0 Å². The van der Waals surface area contributed by atoms with Crippen molar-refractivity contribution in [2.45, 2.75) is 51.0 Å². The van der Waals surface area contributed by atoms with Gasteiger partial charge in [-0.25, -0.2) is 8.42 Å². The maximum atomic E-state index is 12.2. The van der Waals surface area contributed by atoms with E-state index in [1.165, 1.54) is 0 Å². The molecule has 0 amide bonds. The van der Waals surface area contributed by atoms with Crippen molar-refractivity contribution in [3.63, 3.8) is 0 Å². The van der Waals surface area contributed by atoms with Gasteiger partial charge in [-0.05, 0) is 20.3 Å². The third-order valence-corrected chi connectivity index (χ3v) is 8.47. The van der Waals surface area contributed by atoms with Gasteiger partial charge in [-0.2, -0.15) is 0 Å². The Kier molecular flexibility index (Phi) is 5.54. The summed E-state index contributed by atoms with van der Waals surface area (Å²) in [4.78, 5) is 6.51. The van der Waals surface area contributed by atoms with Crippen molar-refractivity contribution >= 4 is 39.8 Å². The zero-order valence-electron chi connectivity index (χ0n) is 15.2. The van der Waals surface area contributed by atoms with Crippen LogP contribution >= 0.6 is 24.0 Å². The minimum Gasteiger partial charge on any atom is -0.377 e. The number of hydrogen-bond donors (Lipinski definition) is 1. The predicted octanol–water partition coefficient (Wildman–Crippen LogP) is 1.50. The van der Waals surface area contributed by atoms with E-state index in [9.17, 15) is 8.42 Å². The van der Waals surface area contributed by atoms with E-state index in [4.69, 9.17) is 4.74 Å². The Balaban J connectivity index is 0.00000208. The molecule has 0 spiro atoms. The van der Waals surface area contributed by atoms with Gasteiger partial charge in [-0.3, -0.25) is 4.99 Å². The Morgan fingerprint density at radius 3 is 2.54 bits per heavy atom. The van der Waals surface area contributed by atoms with Gasteiger partial charge in [0.15, 0.2) is 15.8 Å². The lowest BCUT2D eigenvalue weighted by Crippen LogP contribution is -2.69. The molecule has 3 aliphatic rings. The normalized spacial score (nSPS) is 36.3. The van der Waals surface area contributed by atoms with Crippen LogP contribution in [0.4, 0.5) is 0 Å². The average molecular weight is 471 g/mol. The third kappa shape index (κ3) is 3.06. The average Bonchev–Trinajstić information content (AvgIpc) is 2.90. The highest BCUT2D eigenvalue weighted by Gasteiger charge is 2.59. The summed E-state index contributed by atoms with van der Waals surface area (Å²) in [6, 6.07) is 0.329. The van der Waals surface area contributed by atoms with Crippen molar-refractivity contribution in [2.75, 3.05) is 32.5 Å². The molecule has 24 heavy (non-hydrogen) atoms. The molecule has 2 heterocycles. The van der Waals surface area contributed by atoms with Crippen molar-refractivity contribution in [3.05, 3.63) is 0 Å². The van der Waals surface area contributed by atoms with Crippen molar-refractivity contribution in [3.8, 4) is 0 Å². The molecule has 0 radical (unpaired) electrons. The Morgan fingerprint density at radius 2 is 1.96 bits per heavy atom. The molecule has 3 atom stereocenters. The zero-order valence-corrected chi connectivity index (χ0v) is 18.4. The van der Waals surface area contributed by atoms with E-state index >= 15 is 0 Å². The van der Waals surface area contributed by atoms with Crippen LogP contribution in [0.3, 0.4) is 0 Å². The van der Waals surface area contributed by atoms with E-state index in [2.05, 4.69) is 29.1 Å². The molecule has 3 rings (SSSR count). The summed E-state index contributed by atoms with van der Waals surface area (Å²) in [6.45, 7) is 9.89. The molecule has 3 unspecified atom stereocenters. The molecule has 6 nitrogen and oxygen atoms in total. The molecule has 140 valence electrons. The van der Waals surface area contributed by atoms with Crippen LogP contribution in [0.15, 0.2) is 4.99 Å². The summed E-state index contributed by atoms with van der Waals surface area (Å²) in [5.74, 6) is 1.53. The molecule has 2 saturated heterocycles. The molecule has 8 heteroatoms. The van der Waals surface area contributed by atoms with Crippen LogP contribution in [0, 0.1) is 11.3 Å². The molecule has 1 saturated carbocycles. The summed E-state index contributed by atoms with van der Waals surface area (Å²) in [5, 5.41) is 3.60. The second-order valence-corrected chi connectivity index (χ2v) is 11.0. The van der Waals surface area contributed by atoms with E-state index in [1.54, 1.807) is 20.9 Å². The highest BCUT2D eigenvalue weighted by atomic mass is 127. The van der Waals surface area contributed by atoms with E-state index < -0.39 is 14.6 Å². The monoisotopic (exact) mass is 471 g/mol. The molecule has 0 aromatic rings. The number of halogens is 1. The van der Waals surface area contributed by atoms with E-state index in [-0.39, 0.29) is 35.1 Å². The lowest BCUT2D eigenvalue weighted by molar-refractivity contribution is -0.107. The Bertz CT molecular complexity index is 618. The van der Waals surface area contributed by atoms with Crippen molar-refractivity contribution in [1.29, 1.82) is 0 Å². The lowest BCUT2D eigenvalue weighted by atomic mass is 9.57. The maximum absolute atomic E-state index is 12.2. The summed E-state index contributed by atoms with van der Waals surface area (Å²) in [6.07, 6.45) is 1.42. The first-order valence-electron chi connectivity index (χ1n) is 8.42. The van der Waals surface area contributed by atoms with Crippen LogP contribution < -0.4 is 5.32 Å². The second kappa shape index (κ2) is 6.57. The van der Waals surface area contributed by atoms with Crippen molar-refractivity contribution in [2.24, 2.45) is 16.3 Å². The fraction of sp³-hybridized carbons (Fsp3) is 0.938. The highest BCUT2D eigenvalue weighted by molar-refractivity contribution is 14.0. The van der Waals surface area contributed by atoms with Gasteiger partial charge >= 0.3 is 0 Å². The minimum atomic E-state index is -3.04. The molecule has 0 aromatic carbocycles. The number of ether oxygens (including phenoxy) is 1. The minimum absolute atomic E-state index is 0. The fourth-order valence-corrected chi connectivity index (χ4v) is 5.74. The third-order valence-electron chi connectivity index (χ3n) is 5.94. The SMILES string of the molecule is CN=C(NC1C2CCOC2C1(C)C)N1CCS(=O)(=O)C(C)(C)C1.I. The quantitative estimate of drug-likeness (QED) is 0.357. The summed E-state index contributed by atoms with van der Waals surface area (Å²) >= 11 is 0. The molecule has 1 N–H and O–H groups in total. The van der Waals surface area contributed by atoms with Gasteiger partial charge in [0.25, 0.3) is 0 Å². The Hall–Kier alpha value is -0.0900. The molecule has 0 aromatic heterocycles. The smallest absolute Gasteiger partial charge is 0.193 e. The van der Waals surface area contributed by atoms with Crippen molar-refractivity contribution < 1.29 is 13.2 Å². The number of nitrogens with one attached hydrogen (secondary N) is 1. The first kappa shape index (κ1) is 20.2. The molecular weight excluding hydrogens is 441 g/mol. The number of fused-ring (bicyclic) bond motifs is 1. The van der Waals surface area contributed by atoms with Gasteiger partial charge in [0.05, 0.1) is 16.6 Å². The fourth-order valence-electron chi connectivity index (χ4n) is 4.38. The van der Waals surface area contributed by atoms with Gasteiger partial charge in [-0.1, -0.05) is 13.8 Å². The summed E-state index contributed by atoms with van der Waals surface area (Å²) in [7, 11) is -1.27. The van der Waals surface area contributed by atoms with Crippen LogP contribution in [-0.2, 0) is 14.6 Å². The second-order valence-electron chi connectivity index (χ2n) is 8.23. The molecule has 2 aliphatic heterocycles. The van der Waals surface area contributed by atoms with Crippen LogP contribution in [0.1, 0.15) is 34.1 Å². The van der Waals surface area contributed by atoms with Gasteiger partial charge in [0.2, 0.25) is 0 Å². The van der Waals surface area contributed by atoms with E-state index in [1.807, 2.05) is 0 Å². The van der Waals surface area contributed by atoms with Gasteiger partial charge in [0, 0.05) is 44.1 Å². The first-order chi connectivity index (χ1) is 10.6. The van der Waals surface area contributed by atoms with Gasteiger partial charge in [-0.15, -0.1) is 24.0 Å². The number of aliphatic imine (C=N–C) groups is 1. The standard InChI is InChI=1S/C16H29N3O3S.HI/c1-15(2)10-19(7-9-23(15,20)21)14(17-5)18-12-11-6-8-22-13(11)16(12,3)4;/h11-13H,6-10H2,1-5H3,(H,17,18);1H. The molecule has 0 bridgehead atoms. The Morgan fingerprint density at radius 1 is 1.29 bits per heavy atom. The number of sulfone groups is 1. The summed E-state index contributed by atoms with van der Waals surface area (Å²) in [5.41, 5.74) is 0.0779. The predicted molar refractivity (Wildman–Crippen MR) is 107 cm³/mol. The number of rotatable bonds is 1. The first-order valence-corrected chi connectivity index (χ1v) is 10.1. The Labute approximate surface area is 162 Å². The zero-order chi connectivity index (χ0) is 17.0. The van der Waals surface area contributed by atoms with Gasteiger partial charge in [0.1, 0.15) is 0 Å². The number of nitrogens with zero attached hydrogens (tertiary/aromatic N) is 2. The van der Waals surface area contributed by atoms with Crippen LogP contribution in [-0.4, -0.2) is 68.7 Å². The number of hydrogen-bond acceptors (Lipinski definition) is 4. The van der Waals surface area contributed by atoms with Crippen LogP contribution in [0.25, 0.3) is 0 Å². The molecule has 3 fully saturated rings. The lowest BCUT2D eigenvalue weighted by Gasteiger charge is -2.55. The maximum Gasteiger partial charge on any atom is 0.193 e. The summed E-state index contributed by atoms with van der Waals surface area (Å²) < 4.78 is 29.5.